The number of nitrogens with one attached hydrogen (secondary N) is 1. The van der Waals surface area contributed by atoms with Gasteiger partial charge >= 0.3 is 0 Å². The third-order valence-electron chi connectivity index (χ3n) is 7.03. The summed E-state index contributed by atoms with van der Waals surface area (Å²) >= 11 is 1.71. The highest BCUT2D eigenvalue weighted by Crippen LogP contribution is 2.36. The maximum Gasteiger partial charge on any atom is 0.232 e. The molecule has 1 fully saturated rings. The van der Waals surface area contributed by atoms with Crippen molar-refractivity contribution in [2.24, 2.45) is 0 Å². The number of fused-ring (bicyclic) bond motifs is 1. The zero-order valence-corrected chi connectivity index (χ0v) is 24.2. The number of ether oxygens (including phenoxy) is 1. The van der Waals surface area contributed by atoms with Gasteiger partial charge in [-0.3, -0.25) is 4.90 Å². The molecule has 0 radical (unpaired) electrons. The van der Waals surface area contributed by atoms with Crippen LogP contribution in [0.2, 0.25) is 0 Å². The molecule has 1 saturated heterocycles. The van der Waals surface area contributed by atoms with Crippen LogP contribution < -0.4 is 10.1 Å². The quantitative estimate of drug-likeness (QED) is 0.215. The summed E-state index contributed by atoms with van der Waals surface area (Å²) in [6.45, 7) is 12.3. The van der Waals surface area contributed by atoms with Gasteiger partial charge in [-0.05, 0) is 92.3 Å². The number of hydrogen-bond donors (Lipinski definition) is 1. The van der Waals surface area contributed by atoms with Crippen LogP contribution in [0.15, 0.2) is 59.3 Å². The lowest BCUT2D eigenvalue weighted by molar-refractivity contribution is 0.238. The molecule has 0 unspecified atom stereocenters. The van der Waals surface area contributed by atoms with Crippen molar-refractivity contribution in [3.05, 3.63) is 66.2 Å². The minimum atomic E-state index is -0.190. The molecule has 1 aliphatic heterocycles. The minimum Gasteiger partial charge on any atom is -0.492 e. The van der Waals surface area contributed by atoms with E-state index in [0.29, 0.717) is 24.3 Å². The van der Waals surface area contributed by atoms with Crippen molar-refractivity contribution in [1.82, 2.24) is 25.0 Å². The van der Waals surface area contributed by atoms with Crippen LogP contribution in [0.5, 0.6) is 5.75 Å². The Balaban J connectivity index is 1.16. The van der Waals surface area contributed by atoms with Gasteiger partial charge in [-0.2, -0.15) is 4.98 Å². The molecule has 2 aromatic carbocycles. The maximum absolute atomic E-state index is 5.93. The van der Waals surface area contributed by atoms with E-state index in [1.165, 1.54) is 30.6 Å². The largest absolute Gasteiger partial charge is 0.492 e. The number of anilines is 2. The Kier molecular flexibility index (Phi) is 7.25. The van der Waals surface area contributed by atoms with E-state index in [0.717, 1.165) is 45.1 Å². The second kappa shape index (κ2) is 11.0. The molecule has 0 atom stereocenters. The van der Waals surface area contributed by atoms with Crippen molar-refractivity contribution in [3.8, 4) is 27.7 Å². The number of thiophene rings is 1. The summed E-state index contributed by atoms with van der Waals surface area (Å²) in [6.07, 6.45) is 4.46. The lowest BCUT2D eigenvalue weighted by atomic mass is 9.97. The minimum absolute atomic E-state index is 0.190. The molecule has 0 spiro atoms. The summed E-state index contributed by atoms with van der Waals surface area (Å²) < 4.78 is 12.6. The Morgan fingerprint density at radius 2 is 1.82 bits per heavy atom. The van der Waals surface area contributed by atoms with Crippen molar-refractivity contribution in [2.75, 3.05) is 31.6 Å². The Morgan fingerprint density at radius 3 is 2.58 bits per heavy atom. The highest BCUT2D eigenvalue weighted by atomic mass is 32.1. The predicted molar refractivity (Wildman–Crippen MR) is 160 cm³/mol. The van der Waals surface area contributed by atoms with Gasteiger partial charge in [0.05, 0.1) is 10.6 Å². The fourth-order valence-corrected chi connectivity index (χ4v) is 5.86. The number of rotatable bonds is 8. The van der Waals surface area contributed by atoms with Gasteiger partial charge in [-0.25, -0.2) is 9.97 Å². The van der Waals surface area contributed by atoms with Crippen molar-refractivity contribution in [2.45, 2.75) is 46.0 Å². The third-order valence-corrected chi connectivity index (χ3v) is 8.16. The average molecular weight is 555 g/mol. The summed E-state index contributed by atoms with van der Waals surface area (Å²) in [5, 5.41) is 8.66. The van der Waals surface area contributed by atoms with Crippen LogP contribution in [-0.2, 0) is 5.41 Å². The monoisotopic (exact) mass is 554 g/mol. The van der Waals surface area contributed by atoms with E-state index >= 15 is 0 Å². The molecule has 3 aromatic heterocycles. The number of nitrogens with zero attached hydrogens (tertiary/aromatic N) is 5. The molecular weight excluding hydrogens is 520 g/mol. The molecule has 1 N–H and O–H groups in total. The smallest absolute Gasteiger partial charge is 0.232 e. The van der Waals surface area contributed by atoms with Gasteiger partial charge in [-0.15, -0.1) is 11.3 Å². The Morgan fingerprint density at radius 1 is 1.02 bits per heavy atom. The number of hydrogen-bond acceptors (Lipinski definition) is 9. The predicted octanol–water partition coefficient (Wildman–Crippen LogP) is 7.23. The van der Waals surface area contributed by atoms with Crippen LogP contribution in [0.3, 0.4) is 0 Å². The molecule has 8 nitrogen and oxygen atoms in total. The normalized spacial score (nSPS) is 14.2. The van der Waals surface area contributed by atoms with Crippen molar-refractivity contribution in [1.29, 1.82) is 0 Å². The van der Waals surface area contributed by atoms with Crippen LogP contribution in [0.25, 0.3) is 32.0 Å². The second-order valence-electron chi connectivity index (χ2n) is 11.3. The van der Waals surface area contributed by atoms with Gasteiger partial charge in [-0.1, -0.05) is 25.9 Å². The molecule has 4 heterocycles. The van der Waals surface area contributed by atoms with Gasteiger partial charge in [0.15, 0.2) is 0 Å². The zero-order chi connectivity index (χ0) is 27.7. The van der Waals surface area contributed by atoms with E-state index in [-0.39, 0.29) is 5.41 Å². The zero-order valence-electron chi connectivity index (χ0n) is 23.4. The molecule has 0 saturated carbocycles. The van der Waals surface area contributed by atoms with Gasteiger partial charge in [0.2, 0.25) is 17.7 Å². The van der Waals surface area contributed by atoms with E-state index in [2.05, 4.69) is 64.3 Å². The van der Waals surface area contributed by atoms with Gasteiger partial charge in [0, 0.05) is 34.1 Å². The fraction of sp³-hybridized carbons (Fsp3) is 0.355. The summed E-state index contributed by atoms with van der Waals surface area (Å²) in [7, 11) is 0. The highest BCUT2D eigenvalue weighted by Gasteiger charge is 2.22. The molecule has 0 aliphatic carbocycles. The fourth-order valence-electron chi connectivity index (χ4n) is 4.76. The molecule has 40 heavy (non-hydrogen) atoms. The van der Waals surface area contributed by atoms with Gasteiger partial charge in [0.25, 0.3) is 0 Å². The molecule has 206 valence electrons. The first-order valence-electron chi connectivity index (χ1n) is 13.8. The van der Waals surface area contributed by atoms with E-state index < -0.39 is 0 Å². The number of aromatic nitrogens is 4. The van der Waals surface area contributed by atoms with E-state index in [4.69, 9.17) is 14.2 Å². The first-order chi connectivity index (χ1) is 19.3. The summed E-state index contributed by atoms with van der Waals surface area (Å²) in [5.41, 5.74) is 3.59. The maximum atomic E-state index is 5.93. The first-order valence-corrected chi connectivity index (χ1v) is 14.6. The lowest BCUT2D eigenvalue weighted by Crippen LogP contribution is -2.25. The topological polar surface area (TPSA) is 89.2 Å². The van der Waals surface area contributed by atoms with Crippen molar-refractivity contribution < 1.29 is 9.26 Å². The highest BCUT2D eigenvalue weighted by molar-refractivity contribution is 7.22. The molecule has 1 aliphatic rings. The van der Waals surface area contributed by atoms with Crippen molar-refractivity contribution >= 4 is 33.1 Å². The Bertz CT molecular complexity index is 1610. The van der Waals surface area contributed by atoms with Crippen LogP contribution in [0, 0.1) is 6.92 Å². The van der Waals surface area contributed by atoms with E-state index in [1.54, 1.807) is 11.3 Å². The third kappa shape index (κ3) is 5.85. The number of likely N-dealkylation sites (tertiary alicyclic amines) is 1. The SMILES string of the molecule is Cc1cnc(Nc2ccc(OCCN3CCCC3)cc2)nc1-c1cc2cc(-c3noc(C(C)(C)C)n3)ccc2s1. The lowest BCUT2D eigenvalue weighted by Gasteiger charge is -2.15. The van der Waals surface area contributed by atoms with Crippen LogP contribution in [0.4, 0.5) is 11.6 Å². The van der Waals surface area contributed by atoms with Crippen LogP contribution in [-0.4, -0.2) is 51.2 Å². The van der Waals surface area contributed by atoms with Crippen molar-refractivity contribution in [3.63, 3.8) is 0 Å². The summed E-state index contributed by atoms with van der Waals surface area (Å²) in [6, 6.07) is 16.4. The molecule has 5 aromatic rings. The van der Waals surface area contributed by atoms with E-state index in [1.807, 2.05) is 43.5 Å². The van der Waals surface area contributed by atoms with Gasteiger partial charge in [0.1, 0.15) is 12.4 Å². The average Bonchev–Trinajstić information content (AvgIpc) is 3.71. The number of aryl methyl sites for hydroxylation is 1. The summed E-state index contributed by atoms with van der Waals surface area (Å²) in [4.78, 5) is 17.5. The van der Waals surface area contributed by atoms with E-state index in [9.17, 15) is 0 Å². The standard InChI is InChI=1S/C31H34N6O2S/c1-20-19-32-30(33-23-8-10-24(11-9-23)38-16-15-37-13-5-6-14-37)34-27(20)26-18-22-17-21(7-12-25(22)40-26)28-35-29(39-36-28)31(2,3)4/h7-12,17-19H,5-6,13-16H2,1-4H3,(H,32,33,34). The number of benzene rings is 2. The van der Waals surface area contributed by atoms with Crippen LogP contribution >= 0.6 is 11.3 Å². The molecular formula is C31H34N6O2S. The summed E-state index contributed by atoms with van der Waals surface area (Å²) in [5.74, 6) is 2.66. The molecule has 0 amide bonds. The van der Waals surface area contributed by atoms with Gasteiger partial charge < -0.3 is 14.6 Å². The second-order valence-corrected chi connectivity index (χ2v) is 12.4. The molecule has 9 heteroatoms. The van der Waals surface area contributed by atoms with Crippen LogP contribution in [0.1, 0.15) is 45.1 Å². The Labute approximate surface area is 238 Å². The first kappa shape index (κ1) is 26.4. The Hall–Kier alpha value is -3.82. The molecule has 0 bridgehead atoms. The molecule has 6 rings (SSSR count).